The van der Waals surface area contributed by atoms with Crippen LogP contribution in [0.4, 0.5) is 36.4 Å². The van der Waals surface area contributed by atoms with Crippen molar-refractivity contribution < 1.29 is 35.5 Å². The van der Waals surface area contributed by atoms with Gasteiger partial charge in [0.15, 0.2) is 11.6 Å². The number of nitrogens with one attached hydrogen (secondary N) is 2. The molecule has 1 atom stereocenters. The van der Waals surface area contributed by atoms with Crippen LogP contribution in [0, 0.1) is 5.82 Å². The predicted octanol–water partition coefficient (Wildman–Crippen LogP) is 4.18. The fourth-order valence-electron chi connectivity index (χ4n) is 3.92. The van der Waals surface area contributed by atoms with E-state index < -0.39 is 64.5 Å². The highest BCUT2D eigenvalue weighted by Crippen LogP contribution is 2.32. The first kappa shape index (κ1) is 28.4. The zero-order chi connectivity index (χ0) is 29.4. The first-order valence-corrected chi connectivity index (χ1v) is 11.3. The minimum atomic E-state index is -4.98. The Bertz CT molecular complexity index is 1700. The van der Waals surface area contributed by atoms with Crippen molar-refractivity contribution in [1.82, 2.24) is 24.7 Å². The molecule has 0 spiro atoms. The van der Waals surface area contributed by atoms with Crippen LogP contribution >= 0.6 is 0 Å². The SMILES string of the molecule is CC(CC(=O)Cn1ccc2cc(-c3ncc(C(F)(F)F)cn3)c(F)cc2c1=O)Nc1cn[nH]c(=O)c1C(F)(F)F. The van der Waals surface area contributed by atoms with Crippen LogP contribution in [0.3, 0.4) is 0 Å². The lowest BCUT2D eigenvalue weighted by molar-refractivity contribution is -0.139. The van der Waals surface area contributed by atoms with E-state index in [2.05, 4.69) is 20.4 Å². The molecule has 0 radical (unpaired) electrons. The van der Waals surface area contributed by atoms with Crippen LogP contribution in [0.15, 0.2) is 52.6 Å². The molecule has 0 aliphatic heterocycles. The Morgan fingerprint density at radius 1 is 1.05 bits per heavy atom. The minimum absolute atomic E-state index is 0.140. The third-order valence-corrected chi connectivity index (χ3v) is 5.71. The number of ketones is 1. The summed E-state index contributed by atoms with van der Waals surface area (Å²) in [7, 11) is 0. The molecule has 16 heteroatoms. The van der Waals surface area contributed by atoms with Crippen LogP contribution in [-0.2, 0) is 23.7 Å². The Morgan fingerprint density at radius 3 is 2.35 bits per heavy atom. The average Bonchev–Trinajstić information content (AvgIpc) is 2.84. The number of rotatable bonds is 7. The van der Waals surface area contributed by atoms with Gasteiger partial charge in [0.25, 0.3) is 11.1 Å². The Balaban J connectivity index is 1.52. The second-order valence-corrected chi connectivity index (χ2v) is 8.73. The fourth-order valence-corrected chi connectivity index (χ4v) is 3.92. The molecule has 0 aliphatic carbocycles. The Hall–Kier alpha value is -4.63. The number of carbonyl (C=O) groups is 1. The topological polar surface area (TPSA) is 123 Å². The van der Waals surface area contributed by atoms with E-state index in [1.807, 2.05) is 0 Å². The van der Waals surface area contributed by atoms with Crippen LogP contribution in [0.25, 0.3) is 22.2 Å². The van der Waals surface area contributed by atoms with Crippen LogP contribution < -0.4 is 16.4 Å². The highest BCUT2D eigenvalue weighted by atomic mass is 19.4. The molecule has 1 unspecified atom stereocenters. The minimum Gasteiger partial charge on any atom is -0.380 e. The number of aromatic nitrogens is 5. The van der Waals surface area contributed by atoms with Gasteiger partial charge in [0.1, 0.15) is 11.4 Å². The average molecular weight is 570 g/mol. The molecule has 2 N–H and O–H groups in total. The number of anilines is 1. The highest BCUT2D eigenvalue weighted by molar-refractivity contribution is 5.86. The molecule has 9 nitrogen and oxygen atoms in total. The van der Waals surface area contributed by atoms with Gasteiger partial charge < -0.3 is 9.88 Å². The van der Waals surface area contributed by atoms with Gasteiger partial charge in [0.05, 0.1) is 34.9 Å². The highest BCUT2D eigenvalue weighted by Gasteiger charge is 2.37. The zero-order valence-corrected chi connectivity index (χ0v) is 20.2. The van der Waals surface area contributed by atoms with Crippen molar-refractivity contribution in [2.24, 2.45) is 0 Å². The summed E-state index contributed by atoms with van der Waals surface area (Å²) in [6, 6.07) is 2.51. The molecule has 0 saturated carbocycles. The van der Waals surface area contributed by atoms with Crippen molar-refractivity contribution in [3.8, 4) is 11.4 Å². The number of nitrogens with zero attached hydrogens (tertiary/aromatic N) is 4. The van der Waals surface area contributed by atoms with Gasteiger partial charge in [-0.15, -0.1) is 0 Å². The first-order valence-electron chi connectivity index (χ1n) is 11.3. The molecule has 3 heterocycles. The fraction of sp³-hybridized carbons (Fsp3) is 0.250. The maximum absolute atomic E-state index is 14.8. The van der Waals surface area contributed by atoms with E-state index in [-0.39, 0.29) is 28.6 Å². The number of Topliss-reactive ketones (excluding diaryl/α,β-unsaturated/α-hetero) is 1. The molecular weight excluding hydrogens is 553 g/mol. The second-order valence-electron chi connectivity index (χ2n) is 8.73. The van der Waals surface area contributed by atoms with Gasteiger partial charge in [0, 0.05) is 31.1 Å². The lowest BCUT2D eigenvalue weighted by Crippen LogP contribution is -2.30. The molecule has 0 amide bonds. The molecule has 0 aliphatic rings. The van der Waals surface area contributed by atoms with Crippen molar-refractivity contribution in [2.45, 2.75) is 38.3 Å². The lowest BCUT2D eigenvalue weighted by atomic mass is 10.1. The number of halogens is 7. The maximum atomic E-state index is 14.8. The summed E-state index contributed by atoms with van der Waals surface area (Å²) in [5, 5.41) is 7.51. The molecule has 0 bridgehead atoms. The molecule has 210 valence electrons. The predicted molar refractivity (Wildman–Crippen MR) is 127 cm³/mol. The summed E-state index contributed by atoms with van der Waals surface area (Å²) < 4.78 is 93.7. The zero-order valence-electron chi connectivity index (χ0n) is 20.2. The molecular formula is C24H17F7N6O3. The van der Waals surface area contributed by atoms with Crippen molar-refractivity contribution in [3.05, 3.63) is 80.6 Å². The summed E-state index contributed by atoms with van der Waals surface area (Å²) in [6.07, 6.45) is -7.00. The van der Waals surface area contributed by atoms with Crippen LogP contribution in [0.5, 0.6) is 0 Å². The number of aromatic amines is 1. The second kappa shape index (κ2) is 10.5. The quantitative estimate of drug-likeness (QED) is 0.320. The van der Waals surface area contributed by atoms with Gasteiger partial charge in [-0.25, -0.2) is 19.5 Å². The van der Waals surface area contributed by atoms with Crippen molar-refractivity contribution in [3.63, 3.8) is 0 Å². The van der Waals surface area contributed by atoms with E-state index in [1.165, 1.54) is 25.3 Å². The van der Waals surface area contributed by atoms with Crippen LogP contribution in [-0.4, -0.2) is 36.6 Å². The Morgan fingerprint density at radius 2 is 1.73 bits per heavy atom. The monoisotopic (exact) mass is 570 g/mol. The number of hydrogen-bond donors (Lipinski definition) is 2. The third kappa shape index (κ3) is 6.00. The maximum Gasteiger partial charge on any atom is 0.423 e. The normalized spacial score (nSPS) is 12.9. The van der Waals surface area contributed by atoms with E-state index in [0.717, 1.165) is 16.8 Å². The van der Waals surface area contributed by atoms with Gasteiger partial charge in [-0.1, -0.05) is 0 Å². The number of benzene rings is 1. The van der Waals surface area contributed by atoms with E-state index in [9.17, 15) is 45.1 Å². The van der Waals surface area contributed by atoms with Crippen molar-refractivity contribution in [1.29, 1.82) is 0 Å². The van der Waals surface area contributed by atoms with E-state index in [0.29, 0.717) is 12.4 Å². The van der Waals surface area contributed by atoms with Crippen molar-refractivity contribution >= 4 is 22.2 Å². The van der Waals surface area contributed by atoms with Gasteiger partial charge in [-0.3, -0.25) is 14.4 Å². The third-order valence-electron chi connectivity index (χ3n) is 5.71. The summed E-state index contributed by atoms with van der Waals surface area (Å²) >= 11 is 0. The van der Waals surface area contributed by atoms with Crippen LogP contribution in [0.1, 0.15) is 24.5 Å². The summed E-state index contributed by atoms with van der Waals surface area (Å²) in [5.41, 5.74) is -5.72. The molecule has 1 aromatic carbocycles. The van der Waals surface area contributed by atoms with E-state index in [1.54, 1.807) is 5.10 Å². The van der Waals surface area contributed by atoms with Crippen molar-refractivity contribution in [2.75, 3.05) is 5.32 Å². The number of alkyl halides is 6. The first-order chi connectivity index (χ1) is 18.6. The smallest absolute Gasteiger partial charge is 0.380 e. The molecule has 4 rings (SSSR count). The number of pyridine rings is 1. The molecule has 3 aromatic heterocycles. The van der Waals surface area contributed by atoms with Gasteiger partial charge in [0.2, 0.25) is 0 Å². The van der Waals surface area contributed by atoms with E-state index >= 15 is 0 Å². The number of carbonyl (C=O) groups excluding carboxylic acids is 1. The Kier molecular flexibility index (Phi) is 7.45. The molecule has 0 fully saturated rings. The number of fused-ring (bicyclic) bond motifs is 1. The summed E-state index contributed by atoms with van der Waals surface area (Å²) in [4.78, 5) is 44.2. The summed E-state index contributed by atoms with van der Waals surface area (Å²) in [6.45, 7) is 0.897. The molecule has 40 heavy (non-hydrogen) atoms. The molecule has 0 saturated heterocycles. The van der Waals surface area contributed by atoms with Gasteiger partial charge >= 0.3 is 12.4 Å². The summed E-state index contributed by atoms with van der Waals surface area (Å²) in [5.74, 6) is -1.89. The van der Waals surface area contributed by atoms with Gasteiger partial charge in [-0.2, -0.15) is 31.4 Å². The largest absolute Gasteiger partial charge is 0.423 e. The van der Waals surface area contributed by atoms with Gasteiger partial charge in [-0.05, 0) is 30.5 Å². The molecule has 4 aromatic rings. The number of hydrogen-bond acceptors (Lipinski definition) is 7. The Labute approximate surface area is 218 Å². The standard InChI is InChI=1S/C24H17F7N6O3/c1-11(35-18-9-34-36-21(39)19(18)24(29,30)31)4-14(38)10-37-3-2-12-5-16(17(25)6-15(12)22(37)40)20-32-7-13(8-33-20)23(26,27)28/h2-3,5-9,11H,4,10H2,1H3,(H2,35,36,39). The lowest BCUT2D eigenvalue weighted by Gasteiger charge is -2.18. The van der Waals surface area contributed by atoms with E-state index in [4.69, 9.17) is 0 Å². The van der Waals surface area contributed by atoms with Crippen LogP contribution in [0.2, 0.25) is 0 Å². The number of H-pyrrole nitrogens is 1.